The van der Waals surface area contributed by atoms with Crippen LogP contribution in [-0.2, 0) is 0 Å². The monoisotopic (exact) mass is 162 g/mol. The smallest absolute Gasteiger partial charge is 0.0254 e. The maximum absolute atomic E-state index is 4.11. The van der Waals surface area contributed by atoms with Crippen LogP contribution >= 0.6 is 0 Å². The number of fused-ring (bicyclic) bond motifs is 1. The zero-order valence-electron chi connectivity index (χ0n) is 7.97. The molecule has 0 spiro atoms. The van der Waals surface area contributed by atoms with Crippen LogP contribution in [0.4, 0.5) is 0 Å². The van der Waals surface area contributed by atoms with Crippen molar-refractivity contribution < 1.29 is 0 Å². The lowest BCUT2D eigenvalue weighted by atomic mass is 9.89. The van der Waals surface area contributed by atoms with Crippen LogP contribution < -0.4 is 0 Å². The van der Waals surface area contributed by atoms with Crippen LogP contribution in [-0.4, -0.2) is 0 Å². The predicted molar refractivity (Wildman–Crippen MR) is 53.0 cm³/mol. The van der Waals surface area contributed by atoms with Crippen molar-refractivity contribution in [3.63, 3.8) is 0 Å². The molecule has 0 heteroatoms. The lowest BCUT2D eigenvalue weighted by molar-refractivity contribution is 0.391. The van der Waals surface area contributed by atoms with Crippen molar-refractivity contribution in [1.29, 1.82) is 0 Å². The largest absolute Gasteiger partial charge is 0.0958 e. The molecule has 0 bridgehead atoms. The minimum Gasteiger partial charge on any atom is -0.0958 e. The first-order valence-corrected chi connectivity index (χ1v) is 5.10. The van der Waals surface area contributed by atoms with Crippen LogP contribution in [0.1, 0.15) is 39.0 Å². The van der Waals surface area contributed by atoms with Crippen molar-refractivity contribution in [2.24, 2.45) is 11.8 Å². The first-order valence-electron chi connectivity index (χ1n) is 5.10. The Hall–Kier alpha value is -0.520. The van der Waals surface area contributed by atoms with Gasteiger partial charge < -0.3 is 0 Å². The Bertz CT molecular complexity index is 222. The minimum atomic E-state index is 0.964. The van der Waals surface area contributed by atoms with E-state index in [0.717, 1.165) is 11.8 Å². The summed E-state index contributed by atoms with van der Waals surface area (Å²) >= 11 is 0. The van der Waals surface area contributed by atoms with E-state index in [2.05, 4.69) is 19.6 Å². The van der Waals surface area contributed by atoms with Gasteiger partial charge in [0.15, 0.2) is 0 Å². The molecular formula is C12H18. The summed E-state index contributed by atoms with van der Waals surface area (Å²) in [6, 6.07) is 0. The SMILES string of the molecule is C=C1C=C(C)CC2CCCC2C1. The van der Waals surface area contributed by atoms with E-state index in [-0.39, 0.29) is 0 Å². The Morgan fingerprint density at radius 3 is 2.67 bits per heavy atom. The van der Waals surface area contributed by atoms with E-state index >= 15 is 0 Å². The van der Waals surface area contributed by atoms with Crippen molar-refractivity contribution in [3.8, 4) is 0 Å². The normalized spacial score (nSPS) is 35.8. The second-order valence-electron chi connectivity index (χ2n) is 4.51. The third-order valence-electron chi connectivity index (χ3n) is 3.38. The van der Waals surface area contributed by atoms with E-state index in [0.29, 0.717) is 0 Å². The van der Waals surface area contributed by atoms with Crippen molar-refractivity contribution >= 4 is 0 Å². The zero-order chi connectivity index (χ0) is 8.55. The molecule has 0 amide bonds. The lowest BCUT2D eigenvalue weighted by Crippen LogP contribution is -2.06. The second kappa shape index (κ2) is 3.08. The Morgan fingerprint density at radius 2 is 1.92 bits per heavy atom. The van der Waals surface area contributed by atoms with E-state index in [1.54, 1.807) is 5.57 Å². The van der Waals surface area contributed by atoms with Crippen LogP contribution in [0.2, 0.25) is 0 Å². The van der Waals surface area contributed by atoms with Gasteiger partial charge in [-0.2, -0.15) is 0 Å². The Kier molecular flexibility index (Phi) is 2.08. The fraction of sp³-hybridized carbons (Fsp3) is 0.667. The summed E-state index contributed by atoms with van der Waals surface area (Å²) < 4.78 is 0. The van der Waals surface area contributed by atoms with Crippen LogP contribution in [0, 0.1) is 11.8 Å². The van der Waals surface area contributed by atoms with Crippen molar-refractivity contribution in [2.45, 2.75) is 39.0 Å². The summed E-state index contributed by atoms with van der Waals surface area (Å²) in [4.78, 5) is 0. The topological polar surface area (TPSA) is 0 Å². The summed E-state index contributed by atoms with van der Waals surface area (Å²) in [5.41, 5.74) is 2.91. The molecule has 2 aliphatic carbocycles. The van der Waals surface area contributed by atoms with Gasteiger partial charge in [0.1, 0.15) is 0 Å². The van der Waals surface area contributed by atoms with Gasteiger partial charge in [0.25, 0.3) is 0 Å². The zero-order valence-corrected chi connectivity index (χ0v) is 7.97. The van der Waals surface area contributed by atoms with E-state index in [1.807, 2.05) is 0 Å². The van der Waals surface area contributed by atoms with Gasteiger partial charge in [-0.25, -0.2) is 0 Å². The van der Waals surface area contributed by atoms with Gasteiger partial charge in [0.2, 0.25) is 0 Å². The van der Waals surface area contributed by atoms with Crippen LogP contribution in [0.25, 0.3) is 0 Å². The summed E-state index contributed by atoms with van der Waals surface area (Å²) in [5, 5.41) is 0. The Morgan fingerprint density at radius 1 is 1.25 bits per heavy atom. The van der Waals surface area contributed by atoms with Crippen LogP contribution in [0.5, 0.6) is 0 Å². The molecular weight excluding hydrogens is 144 g/mol. The van der Waals surface area contributed by atoms with Crippen molar-refractivity contribution in [1.82, 2.24) is 0 Å². The molecule has 1 fully saturated rings. The number of rotatable bonds is 0. The highest BCUT2D eigenvalue weighted by Gasteiger charge is 2.28. The van der Waals surface area contributed by atoms with E-state index in [4.69, 9.17) is 0 Å². The molecule has 0 N–H and O–H groups in total. The van der Waals surface area contributed by atoms with E-state index < -0.39 is 0 Å². The quantitative estimate of drug-likeness (QED) is 0.509. The number of hydrogen-bond donors (Lipinski definition) is 0. The molecule has 66 valence electrons. The first-order chi connectivity index (χ1) is 5.75. The fourth-order valence-electron chi connectivity index (χ4n) is 2.87. The molecule has 1 saturated carbocycles. The molecule has 0 radical (unpaired) electrons. The van der Waals surface area contributed by atoms with Gasteiger partial charge in [-0.3, -0.25) is 0 Å². The van der Waals surface area contributed by atoms with Crippen LogP contribution in [0.3, 0.4) is 0 Å². The molecule has 0 aromatic carbocycles. The molecule has 0 saturated heterocycles. The van der Waals surface area contributed by atoms with Gasteiger partial charge >= 0.3 is 0 Å². The molecule has 0 aliphatic heterocycles. The summed E-state index contributed by atoms with van der Waals surface area (Å²) in [6.45, 7) is 6.36. The highest BCUT2D eigenvalue weighted by Crippen LogP contribution is 2.41. The van der Waals surface area contributed by atoms with E-state index in [1.165, 1.54) is 37.7 Å². The second-order valence-corrected chi connectivity index (χ2v) is 4.51. The number of allylic oxidation sites excluding steroid dienone is 3. The molecule has 0 heterocycles. The van der Waals surface area contributed by atoms with Gasteiger partial charge in [-0.1, -0.05) is 30.2 Å². The first kappa shape index (κ1) is 8.10. The predicted octanol–water partition coefficient (Wildman–Crippen LogP) is 3.70. The standard InChI is InChI=1S/C12H18/c1-9-6-10(2)8-12-5-3-4-11(12)7-9/h6,11-12H,1,3-5,7-8H2,2H3. The average Bonchev–Trinajstić information content (AvgIpc) is 2.31. The summed E-state index contributed by atoms with van der Waals surface area (Å²) in [5.74, 6) is 1.95. The van der Waals surface area contributed by atoms with Crippen molar-refractivity contribution in [2.75, 3.05) is 0 Å². The maximum Gasteiger partial charge on any atom is -0.0254 e. The van der Waals surface area contributed by atoms with Gasteiger partial charge in [-0.05, 0) is 44.4 Å². The average molecular weight is 162 g/mol. The highest BCUT2D eigenvalue weighted by molar-refractivity contribution is 5.23. The summed E-state index contributed by atoms with van der Waals surface area (Å²) in [6.07, 6.45) is 9.27. The van der Waals surface area contributed by atoms with Gasteiger partial charge in [0.05, 0.1) is 0 Å². The highest BCUT2D eigenvalue weighted by atomic mass is 14.3. The van der Waals surface area contributed by atoms with Gasteiger partial charge in [0, 0.05) is 0 Å². The summed E-state index contributed by atoms with van der Waals surface area (Å²) in [7, 11) is 0. The minimum absolute atomic E-state index is 0.964. The molecule has 0 nitrogen and oxygen atoms in total. The Labute approximate surface area is 75.4 Å². The molecule has 2 atom stereocenters. The lowest BCUT2D eigenvalue weighted by Gasteiger charge is -2.16. The molecule has 0 aromatic heterocycles. The third-order valence-corrected chi connectivity index (χ3v) is 3.38. The molecule has 12 heavy (non-hydrogen) atoms. The molecule has 2 rings (SSSR count). The fourth-order valence-corrected chi connectivity index (χ4v) is 2.87. The van der Waals surface area contributed by atoms with Crippen LogP contribution in [0.15, 0.2) is 23.8 Å². The number of hydrogen-bond acceptors (Lipinski definition) is 0. The maximum atomic E-state index is 4.11. The van der Waals surface area contributed by atoms with E-state index in [9.17, 15) is 0 Å². The molecule has 2 aliphatic rings. The van der Waals surface area contributed by atoms with Crippen molar-refractivity contribution in [3.05, 3.63) is 23.8 Å². The third kappa shape index (κ3) is 1.48. The van der Waals surface area contributed by atoms with Gasteiger partial charge in [-0.15, -0.1) is 0 Å². The molecule has 0 aromatic rings. The Balaban J connectivity index is 2.15. The molecule has 2 unspecified atom stereocenters.